The van der Waals surface area contributed by atoms with Gasteiger partial charge in [-0.05, 0) is 30.8 Å². The van der Waals surface area contributed by atoms with E-state index in [-0.39, 0.29) is 5.82 Å². The van der Waals surface area contributed by atoms with Gasteiger partial charge < -0.3 is 5.32 Å². The second-order valence-electron chi connectivity index (χ2n) is 2.86. The lowest BCUT2D eigenvalue weighted by molar-refractivity contribution is 0.626. The smallest absolute Gasteiger partial charge is 0.123 e. The second kappa shape index (κ2) is 5.88. The van der Waals surface area contributed by atoms with Gasteiger partial charge in [-0.1, -0.05) is 6.92 Å². The first-order valence-electron chi connectivity index (χ1n) is 4.58. The van der Waals surface area contributed by atoms with E-state index in [9.17, 15) is 8.60 Å². The van der Waals surface area contributed by atoms with E-state index >= 15 is 0 Å². The Labute approximate surface area is 86.0 Å². The number of hydrogen-bond acceptors (Lipinski definition) is 2. The highest BCUT2D eigenvalue weighted by Gasteiger charge is 2.02. The monoisotopic (exact) mass is 215 g/mol. The van der Waals surface area contributed by atoms with Crippen molar-refractivity contribution in [2.24, 2.45) is 0 Å². The Hall–Kier alpha value is -0.740. The van der Waals surface area contributed by atoms with Crippen molar-refractivity contribution in [1.82, 2.24) is 5.32 Å². The van der Waals surface area contributed by atoms with Crippen molar-refractivity contribution in [2.45, 2.75) is 11.8 Å². The number of benzene rings is 1. The normalized spacial score (nSPS) is 12.7. The van der Waals surface area contributed by atoms with Crippen LogP contribution in [0.5, 0.6) is 0 Å². The highest BCUT2D eigenvalue weighted by molar-refractivity contribution is 7.85. The van der Waals surface area contributed by atoms with Crippen LogP contribution in [0.15, 0.2) is 29.2 Å². The molecule has 0 radical (unpaired) electrons. The molecule has 0 fully saturated rings. The number of hydrogen-bond donors (Lipinski definition) is 1. The van der Waals surface area contributed by atoms with Gasteiger partial charge in [0.05, 0.1) is 10.8 Å². The van der Waals surface area contributed by atoms with Crippen molar-refractivity contribution in [3.8, 4) is 0 Å². The van der Waals surface area contributed by atoms with Crippen LogP contribution in [-0.2, 0) is 10.8 Å². The van der Waals surface area contributed by atoms with Gasteiger partial charge in [0, 0.05) is 17.2 Å². The fourth-order valence-corrected chi connectivity index (χ4v) is 2.05. The summed E-state index contributed by atoms with van der Waals surface area (Å²) >= 11 is 0. The molecule has 0 amide bonds. The summed E-state index contributed by atoms with van der Waals surface area (Å²) in [4.78, 5) is 0.685. The molecular formula is C10H14FNOS. The van der Waals surface area contributed by atoms with Crippen molar-refractivity contribution < 1.29 is 8.60 Å². The van der Waals surface area contributed by atoms with Crippen LogP contribution in [0.2, 0.25) is 0 Å². The molecular weight excluding hydrogens is 201 g/mol. The van der Waals surface area contributed by atoms with Gasteiger partial charge in [-0.25, -0.2) is 4.39 Å². The van der Waals surface area contributed by atoms with Crippen LogP contribution in [0.4, 0.5) is 4.39 Å². The summed E-state index contributed by atoms with van der Waals surface area (Å²) in [7, 11) is -1.02. The quantitative estimate of drug-likeness (QED) is 0.755. The number of halogens is 1. The Morgan fingerprint density at radius 3 is 2.57 bits per heavy atom. The molecule has 1 aromatic rings. The fraction of sp³-hybridized carbons (Fsp3) is 0.400. The first-order chi connectivity index (χ1) is 6.74. The van der Waals surface area contributed by atoms with E-state index in [2.05, 4.69) is 5.32 Å². The third-order valence-corrected chi connectivity index (χ3v) is 3.16. The second-order valence-corrected chi connectivity index (χ2v) is 4.43. The molecule has 0 aromatic heterocycles. The molecule has 1 atom stereocenters. The number of rotatable bonds is 5. The Bertz CT molecular complexity index is 299. The summed E-state index contributed by atoms with van der Waals surface area (Å²) < 4.78 is 24.1. The fourth-order valence-electron chi connectivity index (χ4n) is 1.05. The first kappa shape index (κ1) is 11.3. The van der Waals surface area contributed by atoms with Crippen LogP contribution in [0.1, 0.15) is 6.92 Å². The van der Waals surface area contributed by atoms with Crippen molar-refractivity contribution in [1.29, 1.82) is 0 Å². The van der Waals surface area contributed by atoms with E-state index < -0.39 is 10.8 Å². The molecule has 0 aliphatic carbocycles. The van der Waals surface area contributed by atoms with E-state index in [0.717, 1.165) is 13.1 Å². The minimum absolute atomic E-state index is 0.294. The Balaban J connectivity index is 2.48. The Morgan fingerprint density at radius 2 is 2.00 bits per heavy atom. The van der Waals surface area contributed by atoms with Crippen LogP contribution in [0, 0.1) is 5.82 Å². The van der Waals surface area contributed by atoms with Crippen LogP contribution < -0.4 is 5.32 Å². The summed E-state index contributed by atoms with van der Waals surface area (Å²) in [5, 5.41) is 3.09. The van der Waals surface area contributed by atoms with Crippen molar-refractivity contribution in [3.63, 3.8) is 0 Å². The van der Waals surface area contributed by atoms with E-state index in [1.165, 1.54) is 12.1 Å². The molecule has 0 bridgehead atoms. The molecule has 1 aromatic carbocycles. The maximum absolute atomic E-state index is 12.5. The van der Waals surface area contributed by atoms with Gasteiger partial charge in [0.15, 0.2) is 0 Å². The van der Waals surface area contributed by atoms with Crippen LogP contribution in [0.25, 0.3) is 0 Å². The van der Waals surface area contributed by atoms with Crippen molar-refractivity contribution in [2.75, 3.05) is 18.8 Å². The minimum Gasteiger partial charge on any atom is -0.316 e. The average Bonchev–Trinajstić information content (AvgIpc) is 2.19. The van der Waals surface area contributed by atoms with Gasteiger partial charge in [-0.3, -0.25) is 4.21 Å². The third kappa shape index (κ3) is 3.55. The van der Waals surface area contributed by atoms with Gasteiger partial charge >= 0.3 is 0 Å². The maximum atomic E-state index is 12.5. The number of nitrogens with one attached hydrogen (secondary N) is 1. The molecule has 0 aliphatic rings. The third-order valence-electron chi connectivity index (χ3n) is 1.79. The lowest BCUT2D eigenvalue weighted by Gasteiger charge is -2.02. The van der Waals surface area contributed by atoms with Gasteiger partial charge in [-0.15, -0.1) is 0 Å². The predicted octanol–water partition coefficient (Wildman–Crippen LogP) is 1.54. The Kier molecular flexibility index (Phi) is 4.76. The summed E-state index contributed by atoms with van der Waals surface area (Å²) in [6, 6.07) is 5.80. The first-order valence-corrected chi connectivity index (χ1v) is 5.90. The van der Waals surface area contributed by atoms with Gasteiger partial charge in [-0.2, -0.15) is 0 Å². The molecule has 0 saturated heterocycles. The summed E-state index contributed by atoms with van der Waals surface area (Å²) in [5.74, 6) is 0.275. The lowest BCUT2D eigenvalue weighted by atomic mass is 10.4. The van der Waals surface area contributed by atoms with Crippen LogP contribution >= 0.6 is 0 Å². The van der Waals surface area contributed by atoms with Gasteiger partial charge in [0.2, 0.25) is 0 Å². The van der Waals surface area contributed by atoms with Crippen LogP contribution in [-0.4, -0.2) is 23.1 Å². The molecule has 4 heteroatoms. The zero-order valence-corrected chi connectivity index (χ0v) is 8.94. The molecule has 14 heavy (non-hydrogen) atoms. The summed E-state index contributed by atoms with van der Waals surface area (Å²) in [6.45, 7) is 3.60. The predicted molar refractivity (Wildman–Crippen MR) is 56.2 cm³/mol. The highest BCUT2D eigenvalue weighted by Crippen LogP contribution is 2.07. The molecule has 1 N–H and O–H groups in total. The topological polar surface area (TPSA) is 29.1 Å². The van der Waals surface area contributed by atoms with Gasteiger partial charge in [0.1, 0.15) is 5.82 Å². The zero-order chi connectivity index (χ0) is 10.4. The average molecular weight is 215 g/mol. The summed E-state index contributed by atoms with van der Waals surface area (Å²) in [6.07, 6.45) is 0. The minimum atomic E-state index is -1.02. The van der Waals surface area contributed by atoms with Crippen molar-refractivity contribution in [3.05, 3.63) is 30.1 Å². The molecule has 0 aliphatic heterocycles. The lowest BCUT2D eigenvalue weighted by Crippen LogP contribution is -2.19. The zero-order valence-electron chi connectivity index (χ0n) is 8.13. The largest absolute Gasteiger partial charge is 0.316 e. The van der Waals surface area contributed by atoms with Crippen molar-refractivity contribution >= 4 is 10.8 Å². The standard InChI is InChI=1S/C10H14FNOS/c1-2-12-7-8-14(13)10-5-3-9(11)4-6-10/h3-6,12H,2,7-8H2,1H3. The molecule has 1 unspecified atom stereocenters. The Morgan fingerprint density at radius 1 is 1.36 bits per heavy atom. The SMILES string of the molecule is CCNCCS(=O)c1ccc(F)cc1. The maximum Gasteiger partial charge on any atom is 0.123 e. The molecule has 0 heterocycles. The van der Waals surface area contributed by atoms with Gasteiger partial charge in [0.25, 0.3) is 0 Å². The van der Waals surface area contributed by atoms with E-state index in [0.29, 0.717) is 10.6 Å². The molecule has 2 nitrogen and oxygen atoms in total. The van der Waals surface area contributed by atoms with E-state index in [4.69, 9.17) is 0 Å². The van der Waals surface area contributed by atoms with E-state index in [1.807, 2.05) is 6.92 Å². The van der Waals surface area contributed by atoms with Crippen LogP contribution in [0.3, 0.4) is 0 Å². The molecule has 78 valence electrons. The summed E-state index contributed by atoms with van der Waals surface area (Å²) in [5.41, 5.74) is 0. The highest BCUT2D eigenvalue weighted by atomic mass is 32.2. The molecule has 0 spiro atoms. The molecule has 0 saturated carbocycles. The van der Waals surface area contributed by atoms with E-state index in [1.54, 1.807) is 12.1 Å². The molecule has 1 rings (SSSR count).